The summed E-state index contributed by atoms with van der Waals surface area (Å²) in [6.07, 6.45) is 0. The molecule has 3 rings (SSSR count). The second-order valence-electron chi connectivity index (χ2n) is 6.73. The summed E-state index contributed by atoms with van der Waals surface area (Å²) in [4.78, 5) is 26.8. The third kappa shape index (κ3) is 5.75. The summed E-state index contributed by atoms with van der Waals surface area (Å²) in [7, 11) is 1.71. The molecule has 1 aromatic heterocycles. The van der Waals surface area contributed by atoms with Gasteiger partial charge in [0, 0.05) is 33.2 Å². The monoisotopic (exact) mass is 418 g/mol. The van der Waals surface area contributed by atoms with Crippen LogP contribution in [0.1, 0.15) is 27.2 Å². The van der Waals surface area contributed by atoms with Crippen LogP contribution in [0.25, 0.3) is 0 Å². The van der Waals surface area contributed by atoms with E-state index >= 15 is 0 Å². The Morgan fingerprint density at radius 1 is 1.24 bits per heavy atom. The van der Waals surface area contributed by atoms with E-state index in [-0.39, 0.29) is 12.5 Å². The number of nitrogens with zero attached hydrogens (tertiary/aromatic N) is 2. The Kier molecular flexibility index (Phi) is 7.56. The molecule has 0 saturated carbocycles. The Bertz CT molecular complexity index is 849. The third-order valence-electron chi connectivity index (χ3n) is 4.72. The lowest BCUT2D eigenvalue weighted by Crippen LogP contribution is -2.36. The van der Waals surface area contributed by atoms with Gasteiger partial charge in [-0.1, -0.05) is 24.3 Å². The highest BCUT2D eigenvalue weighted by molar-refractivity contribution is 7.10. The van der Waals surface area contributed by atoms with Crippen LogP contribution in [0.3, 0.4) is 0 Å². The number of carbonyl (C=O) groups excluding carboxylic acids is 2. The van der Waals surface area contributed by atoms with Crippen LogP contribution in [0.5, 0.6) is 0 Å². The molecule has 8 nitrogen and oxygen atoms in total. The molecule has 1 fully saturated rings. The number of aryl methyl sites for hydroxylation is 1. The van der Waals surface area contributed by atoms with Gasteiger partial charge in [0.2, 0.25) is 0 Å². The van der Waals surface area contributed by atoms with Crippen molar-refractivity contribution >= 4 is 28.4 Å². The zero-order valence-electron chi connectivity index (χ0n) is 16.7. The summed E-state index contributed by atoms with van der Waals surface area (Å²) in [6.45, 7) is 5.92. The highest BCUT2D eigenvalue weighted by atomic mass is 32.1. The Morgan fingerprint density at radius 2 is 1.97 bits per heavy atom. The number of ether oxygens (including phenoxy) is 2. The van der Waals surface area contributed by atoms with Gasteiger partial charge in [-0.15, -0.1) is 0 Å². The summed E-state index contributed by atoms with van der Waals surface area (Å²) < 4.78 is 14.7. The van der Waals surface area contributed by atoms with Crippen LogP contribution in [-0.4, -0.2) is 61.1 Å². The van der Waals surface area contributed by atoms with E-state index in [4.69, 9.17) is 9.47 Å². The molecule has 0 spiro atoms. The summed E-state index contributed by atoms with van der Waals surface area (Å²) in [5, 5.41) is 6.38. The smallest absolute Gasteiger partial charge is 0.343 e. The highest BCUT2D eigenvalue weighted by Crippen LogP contribution is 2.24. The van der Waals surface area contributed by atoms with Crippen LogP contribution in [0.4, 0.5) is 5.00 Å². The molecule has 1 saturated heterocycles. The molecule has 156 valence electrons. The zero-order valence-corrected chi connectivity index (χ0v) is 17.5. The lowest BCUT2D eigenvalue weighted by molar-refractivity contribution is -0.124. The maximum atomic E-state index is 12.3. The van der Waals surface area contributed by atoms with Gasteiger partial charge in [0.15, 0.2) is 6.61 Å². The number of carbonyl (C=O) groups is 2. The first-order chi connectivity index (χ1) is 14.1. The number of aromatic nitrogens is 1. The van der Waals surface area contributed by atoms with Gasteiger partial charge < -0.3 is 20.1 Å². The van der Waals surface area contributed by atoms with Gasteiger partial charge in [0.05, 0.1) is 18.9 Å². The predicted molar refractivity (Wildman–Crippen MR) is 111 cm³/mol. The van der Waals surface area contributed by atoms with E-state index < -0.39 is 5.97 Å². The molecule has 2 aromatic rings. The van der Waals surface area contributed by atoms with E-state index in [2.05, 4.69) is 26.0 Å². The lowest BCUT2D eigenvalue weighted by atomic mass is 10.1. The van der Waals surface area contributed by atoms with Gasteiger partial charge in [-0.3, -0.25) is 9.69 Å². The summed E-state index contributed by atoms with van der Waals surface area (Å²) >= 11 is 1.19. The third-order valence-corrected chi connectivity index (χ3v) is 5.68. The normalized spacial score (nSPS) is 14.4. The topological polar surface area (TPSA) is 92.8 Å². The summed E-state index contributed by atoms with van der Waals surface area (Å²) in [5.41, 5.74) is 3.18. The quantitative estimate of drug-likeness (QED) is 0.632. The number of hydrogen-bond donors (Lipinski definition) is 2. The summed E-state index contributed by atoms with van der Waals surface area (Å²) in [6, 6.07) is 8.03. The van der Waals surface area contributed by atoms with Crippen LogP contribution in [-0.2, 0) is 27.4 Å². The molecule has 29 heavy (non-hydrogen) atoms. The maximum Gasteiger partial charge on any atom is 0.343 e. The fourth-order valence-corrected chi connectivity index (χ4v) is 3.85. The molecule has 1 aromatic carbocycles. The first-order valence-corrected chi connectivity index (χ1v) is 10.3. The van der Waals surface area contributed by atoms with E-state index in [9.17, 15) is 9.59 Å². The van der Waals surface area contributed by atoms with Gasteiger partial charge in [0.1, 0.15) is 10.6 Å². The van der Waals surface area contributed by atoms with Crippen LogP contribution in [0.15, 0.2) is 24.3 Å². The SMILES string of the molecule is CNc1snc(C)c1C(=O)OCC(=O)NCc1ccccc1CN1CCOCC1. The van der Waals surface area contributed by atoms with E-state index in [1.165, 1.54) is 17.1 Å². The second-order valence-corrected chi connectivity index (χ2v) is 7.51. The molecule has 2 N–H and O–H groups in total. The standard InChI is InChI=1S/C20H26N4O4S/c1-14-18(19(21-2)29-23-14)20(26)28-13-17(25)22-11-15-5-3-4-6-16(15)12-24-7-9-27-10-8-24/h3-6,21H,7-13H2,1-2H3,(H,22,25). The van der Waals surface area contributed by atoms with Crippen molar-refractivity contribution in [3.63, 3.8) is 0 Å². The van der Waals surface area contributed by atoms with Crippen molar-refractivity contribution in [3.8, 4) is 0 Å². The molecule has 1 amide bonds. The number of hydrogen-bond acceptors (Lipinski definition) is 8. The molecule has 9 heteroatoms. The fourth-order valence-electron chi connectivity index (χ4n) is 3.11. The maximum absolute atomic E-state index is 12.3. The molecule has 1 aliphatic heterocycles. The molecule has 0 atom stereocenters. The first-order valence-electron chi connectivity index (χ1n) is 9.53. The Morgan fingerprint density at radius 3 is 2.69 bits per heavy atom. The molecule has 0 radical (unpaired) electrons. The van der Waals surface area contributed by atoms with Gasteiger partial charge in [0.25, 0.3) is 5.91 Å². The molecular formula is C20H26N4O4S. The van der Waals surface area contributed by atoms with Crippen molar-refractivity contribution in [3.05, 3.63) is 46.6 Å². The van der Waals surface area contributed by atoms with Crippen molar-refractivity contribution in [2.24, 2.45) is 0 Å². The van der Waals surface area contributed by atoms with Crippen molar-refractivity contribution in [1.29, 1.82) is 0 Å². The predicted octanol–water partition coefficient (Wildman–Crippen LogP) is 1.80. The average molecular weight is 419 g/mol. The lowest BCUT2D eigenvalue weighted by Gasteiger charge is -2.27. The molecule has 0 unspecified atom stereocenters. The minimum atomic E-state index is -0.552. The highest BCUT2D eigenvalue weighted by Gasteiger charge is 2.20. The molecule has 0 bridgehead atoms. The second kappa shape index (κ2) is 10.3. The largest absolute Gasteiger partial charge is 0.452 e. The average Bonchev–Trinajstić information content (AvgIpc) is 3.12. The molecular weight excluding hydrogens is 392 g/mol. The van der Waals surface area contributed by atoms with Crippen LogP contribution in [0.2, 0.25) is 0 Å². The van der Waals surface area contributed by atoms with E-state index in [1.807, 2.05) is 18.2 Å². The van der Waals surface area contributed by atoms with Crippen LogP contribution in [0, 0.1) is 6.92 Å². The van der Waals surface area contributed by atoms with E-state index in [0.29, 0.717) is 22.8 Å². The molecule has 2 heterocycles. The number of anilines is 1. The van der Waals surface area contributed by atoms with E-state index in [1.54, 1.807) is 14.0 Å². The first kappa shape index (κ1) is 21.2. The minimum Gasteiger partial charge on any atom is -0.452 e. The van der Waals surface area contributed by atoms with E-state index in [0.717, 1.165) is 38.4 Å². The van der Waals surface area contributed by atoms with Gasteiger partial charge in [-0.05, 0) is 29.6 Å². The van der Waals surface area contributed by atoms with Gasteiger partial charge >= 0.3 is 5.97 Å². The number of amides is 1. The number of benzene rings is 1. The van der Waals surface area contributed by atoms with Crippen molar-refractivity contribution in [2.75, 3.05) is 45.3 Å². The Balaban J connectivity index is 1.50. The Labute approximate surface area is 174 Å². The van der Waals surface area contributed by atoms with Crippen LogP contribution < -0.4 is 10.6 Å². The van der Waals surface area contributed by atoms with Gasteiger partial charge in [-0.2, -0.15) is 4.37 Å². The number of rotatable bonds is 8. The minimum absolute atomic E-state index is 0.330. The molecule has 0 aliphatic carbocycles. The number of esters is 1. The van der Waals surface area contributed by atoms with Gasteiger partial charge in [-0.25, -0.2) is 4.79 Å². The Hall–Kier alpha value is -2.49. The number of morpholine rings is 1. The zero-order chi connectivity index (χ0) is 20.6. The summed E-state index contributed by atoms with van der Waals surface area (Å²) in [5.74, 6) is -0.894. The number of nitrogens with one attached hydrogen (secondary N) is 2. The fraction of sp³-hybridized carbons (Fsp3) is 0.450. The van der Waals surface area contributed by atoms with Crippen LogP contribution >= 0.6 is 11.5 Å². The van der Waals surface area contributed by atoms with Crippen molar-refractivity contribution in [1.82, 2.24) is 14.6 Å². The van der Waals surface area contributed by atoms with Crippen molar-refractivity contribution in [2.45, 2.75) is 20.0 Å². The molecule has 1 aliphatic rings. The van der Waals surface area contributed by atoms with Crippen molar-refractivity contribution < 1.29 is 19.1 Å².